The Morgan fingerprint density at radius 2 is 2.45 bits per heavy atom. The molecule has 0 unspecified atom stereocenters. The van der Waals surface area contributed by atoms with Gasteiger partial charge in [0.1, 0.15) is 0 Å². The van der Waals surface area contributed by atoms with Crippen molar-refractivity contribution in [2.24, 2.45) is 5.92 Å². The van der Waals surface area contributed by atoms with Gasteiger partial charge < -0.3 is 0 Å². The van der Waals surface area contributed by atoms with E-state index in [1.165, 1.54) is 24.8 Å². The summed E-state index contributed by atoms with van der Waals surface area (Å²) in [5.41, 5.74) is 1.26. The van der Waals surface area contributed by atoms with Gasteiger partial charge in [-0.15, -0.1) is 0 Å². The molecule has 0 bridgehead atoms. The summed E-state index contributed by atoms with van der Waals surface area (Å²) in [6, 6.07) is 4.09. The summed E-state index contributed by atoms with van der Waals surface area (Å²) >= 11 is 0. The number of pyridine rings is 1. The number of aromatic nitrogens is 1. The first-order valence-corrected chi connectivity index (χ1v) is 4.18. The molecule has 1 aliphatic rings. The fourth-order valence-corrected chi connectivity index (χ4v) is 1.15. The molecular formula is C10H12N. The van der Waals surface area contributed by atoms with Crippen LogP contribution in [-0.2, 0) is 0 Å². The molecule has 0 amide bonds. The molecule has 1 heterocycles. The minimum Gasteiger partial charge on any atom is -0.264 e. The molecule has 1 heteroatoms. The summed E-state index contributed by atoms with van der Waals surface area (Å²) in [5, 5.41) is 0. The molecule has 0 aliphatic heterocycles. The number of nitrogens with zero attached hydrogens (tertiary/aromatic N) is 1. The summed E-state index contributed by atoms with van der Waals surface area (Å²) in [6.45, 7) is 0. The third-order valence-corrected chi connectivity index (χ3v) is 2.07. The molecule has 0 spiro atoms. The second kappa shape index (κ2) is 3.04. The van der Waals surface area contributed by atoms with Crippen molar-refractivity contribution in [2.75, 3.05) is 0 Å². The third-order valence-electron chi connectivity index (χ3n) is 2.07. The quantitative estimate of drug-likeness (QED) is 0.638. The smallest absolute Gasteiger partial charge is 0.0302 e. The average molecular weight is 146 g/mol. The van der Waals surface area contributed by atoms with Crippen molar-refractivity contribution >= 4 is 0 Å². The van der Waals surface area contributed by atoms with Gasteiger partial charge in [-0.3, -0.25) is 4.98 Å². The highest BCUT2D eigenvalue weighted by molar-refractivity contribution is 5.18. The molecule has 57 valence electrons. The molecule has 1 saturated carbocycles. The molecule has 1 radical (unpaired) electrons. The van der Waals surface area contributed by atoms with Gasteiger partial charge in [-0.25, -0.2) is 0 Å². The monoisotopic (exact) mass is 146 g/mol. The molecule has 0 N–H and O–H groups in total. The lowest BCUT2D eigenvalue weighted by molar-refractivity contribution is 0.825. The van der Waals surface area contributed by atoms with E-state index in [4.69, 9.17) is 0 Å². The highest BCUT2D eigenvalue weighted by Crippen LogP contribution is 2.33. The van der Waals surface area contributed by atoms with E-state index in [2.05, 4.69) is 17.5 Å². The number of rotatable bonds is 3. The molecule has 1 fully saturated rings. The van der Waals surface area contributed by atoms with Crippen molar-refractivity contribution in [3.05, 3.63) is 36.5 Å². The fraction of sp³-hybridized carbons (Fsp3) is 0.400. The molecule has 1 aromatic heterocycles. The molecule has 2 rings (SSSR count). The lowest BCUT2D eigenvalue weighted by atomic mass is 10.1. The summed E-state index contributed by atoms with van der Waals surface area (Å²) < 4.78 is 0. The first-order valence-electron chi connectivity index (χ1n) is 4.18. The maximum absolute atomic E-state index is 4.05. The highest BCUT2D eigenvalue weighted by Gasteiger charge is 2.20. The van der Waals surface area contributed by atoms with E-state index in [0.717, 1.165) is 5.92 Å². The van der Waals surface area contributed by atoms with E-state index >= 15 is 0 Å². The van der Waals surface area contributed by atoms with Gasteiger partial charge in [0.2, 0.25) is 0 Å². The first-order chi connectivity index (χ1) is 5.45. The van der Waals surface area contributed by atoms with Crippen molar-refractivity contribution < 1.29 is 0 Å². The van der Waals surface area contributed by atoms with E-state index in [1.807, 2.05) is 18.5 Å². The molecule has 0 saturated heterocycles. The second-order valence-corrected chi connectivity index (χ2v) is 3.17. The van der Waals surface area contributed by atoms with E-state index in [1.54, 1.807) is 0 Å². The minimum absolute atomic E-state index is 0.982. The minimum atomic E-state index is 0.982. The van der Waals surface area contributed by atoms with Crippen LogP contribution in [0.15, 0.2) is 24.5 Å². The summed E-state index contributed by atoms with van der Waals surface area (Å²) in [6.07, 6.45) is 10.1. The fourth-order valence-electron chi connectivity index (χ4n) is 1.15. The van der Waals surface area contributed by atoms with Crippen LogP contribution in [0.2, 0.25) is 0 Å². The van der Waals surface area contributed by atoms with Crippen LogP contribution < -0.4 is 0 Å². The molecule has 1 aromatic rings. The molecule has 0 atom stereocenters. The summed E-state index contributed by atoms with van der Waals surface area (Å²) in [5.74, 6) is 0.982. The van der Waals surface area contributed by atoms with Gasteiger partial charge in [-0.05, 0) is 30.4 Å². The topological polar surface area (TPSA) is 12.9 Å². The standard InChI is InChI=1S/C10H12N/c1-2-10(8-11-7-1)6-5-9-3-4-9/h1-2,6-9H,3-5H2. The first kappa shape index (κ1) is 6.84. The van der Waals surface area contributed by atoms with E-state index < -0.39 is 0 Å². The maximum atomic E-state index is 4.05. The van der Waals surface area contributed by atoms with Gasteiger partial charge in [0.15, 0.2) is 0 Å². The van der Waals surface area contributed by atoms with Gasteiger partial charge in [0.05, 0.1) is 0 Å². The Balaban J connectivity index is 1.85. The van der Waals surface area contributed by atoms with Crippen LogP contribution in [0.4, 0.5) is 0 Å². The van der Waals surface area contributed by atoms with Crippen molar-refractivity contribution in [3.63, 3.8) is 0 Å². The Hall–Kier alpha value is -0.850. The Labute approximate surface area is 67.5 Å². The van der Waals surface area contributed by atoms with Crippen LogP contribution in [0.3, 0.4) is 0 Å². The van der Waals surface area contributed by atoms with Gasteiger partial charge in [-0.2, -0.15) is 0 Å². The Morgan fingerprint density at radius 1 is 1.55 bits per heavy atom. The maximum Gasteiger partial charge on any atom is 0.0302 e. The zero-order valence-corrected chi connectivity index (χ0v) is 6.53. The van der Waals surface area contributed by atoms with Crippen LogP contribution in [0.1, 0.15) is 24.8 Å². The average Bonchev–Trinajstić information content (AvgIpc) is 2.86. The Bertz CT molecular complexity index is 214. The van der Waals surface area contributed by atoms with Crippen molar-refractivity contribution in [2.45, 2.75) is 19.3 Å². The van der Waals surface area contributed by atoms with Crippen molar-refractivity contribution in [1.82, 2.24) is 4.98 Å². The van der Waals surface area contributed by atoms with Gasteiger partial charge in [0.25, 0.3) is 0 Å². The highest BCUT2D eigenvalue weighted by atomic mass is 14.6. The van der Waals surface area contributed by atoms with Gasteiger partial charge in [0, 0.05) is 12.4 Å². The van der Waals surface area contributed by atoms with Crippen molar-refractivity contribution in [1.29, 1.82) is 0 Å². The SMILES string of the molecule is [CH](CC1CC1)c1cccnc1. The van der Waals surface area contributed by atoms with E-state index in [9.17, 15) is 0 Å². The van der Waals surface area contributed by atoms with Crippen LogP contribution in [0.5, 0.6) is 0 Å². The zero-order chi connectivity index (χ0) is 7.52. The largest absolute Gasteiger partial charge is 0.264 e. The predicted octanol–water partition coefficient (Wildman–Crippen LogP) is 2.43. The number of hydrogen-bond acceptors (Lipinski definition) is 1. The molecule has 11 heavy (non-hydrogen) atoms. The van der Waals surface area contributed by atoms with Crippen LogP contribution in [0, 0.1) is 12.3 Å². The summed E-state index contributed by atoms with van der Waals surface area (Å²) in [7, 11) is 0. The molecule has 0 aromatic carbocycles. The Kier molecular flexibility index (Phi) is 1.89. The predicted molar refractivity (Wildman–Crippen MR) is 45.0 cm³/mol. The van der Waals surface area contributed by atoms with Crippen LogP contribution in [0.25, 0.3) is 0 Å². The van der Waals surface area contributed by atoms with E-state index in [-0.39, 0.29) is 0 Å². The van der Waals surface area contributed by atoms with Crippen LogP contribution >= 0.6 is 0 Å². The lowest BCUT2D eigenvalue weighted by Gasteiger charge is -1.96. The number of hydrogen-bond donors (Lipinski definition) is 0. The molecular weight excluding hydrogens is 134 g/mol. The van der Waals surface area contributed by atoms with Gasteiger partial charge >= 0.3 is 0 Å². The molecule has 1 aliphatic carbocycles. The second-order valence-electron chi connectivity index (χ2n) is 3.17. The third kappa shape index (κ3) is 2.04. The normalized spacial score (nSPS) is 16.7. The van der Waals surface area contributed by atoms with Crippen LogP contribution in [-0.4, -0.2) is 4.98 Å². The Morgan fingerprint density at radius 3 is 3.09 bits per heavy atom. The zero-order valence-electron chi connectivity index (χ0n) is 6.53. The molecule has 1 nitrogen and oxygen atoms in total. The lowest BCUT2D eigenvalue weighted by Crippen LogP contribution is -1.83. The van der Waals surface area contributed by atoms with Crippen molar-refractivity contribution in [3.8, 4) is 0 Å². The summed E-state index contributed by atoms with van der Waals surface area (Å²) in [4.78, 5) is 4.05. The van der Waals surface area contributed by atoms with Gasteiger partial charge in [-0.1, -0.05) is 18.9 Å². The van der Waals surface area contributed by atoms with E-state index in [0.29, 0.717) is 0 Å².